The molecule has 1 aromatic heterocycles. The fraction of sp³-hybridized carbons (Fsp3) is 0.0500. The fourth-order valence-electron chi connectivity index (χ4n) is 2.55. The number of furan rings is 1. The Bertz CT molecular complexity index is 1140. The number of benzene rings is 2. The third-order valence-corrected chi connectivity index (χ3v) is 4.32. The quantitative estimate of drug-likeness (QED) is 0.333. The number of carbonyl (C=O) groups is 2. The van der Waals surface area contributed by atoms with Crippen LogP contribution in [-0.4, -0.2) is 28.1 Å². The second-order valence-electron chi connectivity index (χ2n) is 6.10. The highest BCUT2D eigenvalue weighted by Gasteiger charge is 2.12. The van der Waals surface area contributed by atoms with E-state index in [1.54, 1.807) is 18.2 Å². The molecule has 9 nitrogen and oxygen atoms in total. The summed E-state index contributed by atoms with van der Waals surface area (Å²) in [6, 6.07) is 13.4. The topological polar surface area (TPSA) is 135 Å². The van der Waals surface area contributed by atoms with E-state index in [9.17, 15) is 19.7 Å². The highest BCUT2D eigenvalue weighted by atomic mass is 35.5. The van der Waals surface area contributed by atoms with Gasteiger partial charge in [0.15, 0.2) is 0 Å². The number of hydrogen-bond donors (Lipinski definition) is 2. The molecule has 10 heteroatoms. The minimum atomic E-state index is -1.12. The summed E-state index contributed by atoms with van der Waals surface area (Å²) in [5, 5.41) is 23.5. The molecule has 30 heavy (non-hydrogen) atoms. The summed E-state index contributed by atoms with van der Waals surface area (Å²) >= 11 is 5.96. The van der Waals surface area contributed by atoms with Crippen molar-refractivity contribution in [3.63, 3.8) is 0 Å². The van der Waals surface area contributed by atoms with E-state index in [-0.39, 0.29) is 22.7 Å². The number of halogens is 1. The lowest BCUT2D eigenvalue weighted by molar-refractivity contribution is -0.384. The van der Waals surface area contributed by atoms with Crippen LogP contribution >= 0.6 is 11.6 Å². The summed E-state index contributed by atoms with van der Waals surface area (Å²) in [5.74, 6) is -0.710. The van der Waals surface area contributed by atoms with Crippen molar-refractivity contribution in [1.82, 2.24) is 5.43 Å². The molecule has 3 rings (SSSR count). The van der Waals surface area contributed by atoms with Crippen molar-refractivity contribution < 1.29 is 24.0 Å². The number of nitro benzene ring substituents is 1. The Morgan fingerprint density at radius 3 is 2.53 bits per heavy atom. The van der Waals surface area contributed by atoms with Crippen molar-refractivity contribution in [2.45, 2.75) is 6.42 Å². The van der Waals surface area contributed by atoms with Crippen LogP contribution < -0.4 is 5.43 Å². The van der Waals surface area contributed by atoms with Gasteiger partial charge in [-0.1, -0.05) is 29.8 Å². The number of non-ortho nitro benzene ring substituents is 1. The molecule has 1 heterocycles. The van der Waals surface area contributed by atoms with E-state index in [0.717, 1.165) is 0 Å². The SMILES string of the molecule is O=C(Cc1ccc([N+](=O)[O-])cc1)N/N=C\c1ccc(-c2ccc(C(=O)O)c(Cl)c2)o1. The maximum absolute atomic E-state index is 11.9. The first kappa shape index (κ1) is 20.7. The molecule has 0 bridgehead atoms. The van der Waals surface area contributed by atoms with Gasteiger partial charge in [0, 0.05) is 17.7 Å². The average molecular weight is 428 g/mol. The number of aromatic carboxylic acids is 1. The van der Waals surface area contributed by atoms with Crippen LogP contribution in [0.2, 0.25) is 5.02 Å². The number of nitrogens with one attached hydrogen (secondary N) is 1. The number of amides is 1. The predicted octanol–water partition coefficient (Wildman–Crippen LogP) is 3.90. The molecule has 2 N–H and O–H groups in total. The molecule has 0 saturated heterocycles. The van der Waals surface area contributed by atoms with E-state index >= 15 is 0 Å². The van der Waals surface area contributed by atoms with Crippen molar-refractivity contribution in [2.75, 3.05) is 0 Å². The first-order valence-corrected chi connectivity index (χ1v) is 8.89. The molecule has 0 atom stereocenters. The van der Waals surface area contributed by atoms with Crippen LogP contribution in [0.15, 0.2) is 64.1 Å². The highest BCUT2D eigenvalue weighted by molar-refractivity contribution is 6.33. The first-order chi connectivity index (χ1) is 14.3. The van der Waals surface area contributed by atoms with Gasteiger partial charge in [-0.2, -0.15) is 5.10 Å². The van der Waals surface area contributed by atoms with Crippen LogP contribution in [0.25, 0.3) is 11.3 Å². The molecule has 152 valence electrons. The molecule has 1 amide bonds. The van der Waals surface area contributed by atoms with Gasteiger partial charge < -0.3 is 9.52 Å². The number of hydrogen-bond acceptors (Lipinski definition) is 6. The largest absolute Gasteiger partial charge is 0.478 e. The van der Waals surface area contributed by atoms with E-state index in [2.05, 4.69) is 10.5 Å². The van der Waals surface area contributed by atoms with Crippen LogP contribution in [0, 0.1) is 10.1 Å². The lowest BCUT2D eigenvalue weighted by Crippen LogP contribution is -2.19. The second kappa shape index (κ2) is 9.01. The molecule has 0 saturated carbocycles. The number of carboxylic acids is 1. The van der Waals surface area contributed by atoms with E-state index in [1.165, 1.54) is 42.6 Å². The van der Waals surface area contributed by atoms with Gasteiger partial charge in [0.05, 0.1) is 28.1 Å². The molecule has 0 unspecified atom stereocenters. The van der Waals surface area contributed by atoms with Crippen molar-refractivity contribution in [1.29, 1.82) is 0 Å². The van der Waals surface area contributed by atoms with Crippen LogP contribution in [0.3, 0.4) is 0 Å². The van der Waals surface area contributed by atoms with E-state index in [0.29, 0.717) is 22.6 Å². The van der Waals surface area contributed by atoms with Crippen LogP contribution in [0.1, 0.15) is 21.7 Å². The van der Waals surface area contributed by atoms with Crippen LogP contribution in [0.5, 0.6) is 0 Å². The number of rotatable bonds is 7. The Hall–Kier alpha value is -3.98. The number of carboxylic acid groups (broad SMARTS) is 1. The molecule has 0 aliphatic rings. The van der Waals surface area contributed by atoms with Gasteiger partial charge in [-0.3, -0.25) is 14.9 Å². The summed E-state index contributed by atoms with van der Waals surface area (Å²) in [5.41, 5.74) is 3.48. The van der Waals surface area contributed by atoms with Crippen LogP contribution in [0.4, 0.5) is 5.69 Å². The molecule has 3 aromatic rings. The molecule has 0 radical (unpaired) electrons. The zero-order valence-corrected chi connectivity index (χ0v) is 16.0. The summed E-state index contributed by atoms with van der Waals surface area (Å²) in [6.45, 7) is 0. The summed E-state index contributed by atoms with van der Waals surface area (Å²) < 4.78 is 5.59. The Morgan fingerprint density at radius 1 is 1.17 bits per heavy atom. The molecule has 0 fully saturated rings. The van der Waals surface area contributed by atoms with Gasteiger partial charge in [0.2, 0.25) is 5.91 Å². The Morgan fingerprint density at radius 2 is 1.90 bits per heavy atom. The van der Waals surface area contributed by atoms with Gasteiger partial charge in [0.1, 0.15) is 11.5 Å². The molecular weight excluding hydrogens is 414 g/mol. The standard InChI is InChI=1S/C20H14ClN3O6/c21-17-10-13(3-7-16(17)20(26)27)18-8-6-15(30-18)11-22-23-19(25)9-12-1-4-14(5-2-12)24(28)29/h1-8,10-11H,9H2,(H,23,25)(H,26,27)/b22-11-. The Balaban J connectivity index is 1.59. The molecule has 0 spiro atoms. The van der Waals surface area contributed by atoms with E-state index in [4.69, 9.17) is 21.1 Å². The van der Waals surface area contributed by atoms with Crippen molar-refractivity contribution in [2.24, 2.45) is 5.10 Å². The minimum Gasteiger partial charge on any atom is -0.478 e. The maximum atomic E-state index is 11.9. The third kappa shape index (κ3) is 5.09. The van der Waals surface area contributed by atoms with Gasteiger partial charge in [-0.25, -0.2) is 10.2 Å². The molecule has 0 aliphatic heterocycles. The molecule has 0 aliphatic carbocycles. The monoisotopic (exact) mass is 427 g/mol. The predicted molar refractivity (Wildman–Crippen MR) is 109 cm³/mol. The van der Waals surface area contributed by atoms with Gasteiger partial charge in [-0.05, 0) is 29.8 Å². The molecule has 2 aromatic carbocycles. The van der Waals surface area contributed by atoms with Gasteiger partial charge in [-0.15, -0.1) is 0 Å². The van der Waals surface area contributed by atoms with E-state index < -0.39 is 16.8 Å². The third-order valence-electron chi connectivity index (χ3n) is 4.00. The van der Waals surface area contributed by atoms with Gasteiger partial charge in [0.25, 0.3) is 5.69 Å². The Kier molecular flexibility index (Phi) is 6.23. The zero-order valence-electron chi connectivity index (χ0n) is 15.2. The zero-order chi connectivity index (χ0) is 21.7. The number of nitrogens with zero attached hydrogens (tertiary/aromatic N) is 2. The van der Waals surface area contributed by atoms with Crippen LogP contribution in [-0.2, 0) is 11.2 Å². The minimum absolute atomic E-state index is 0.00711. The first-order valence-electron chi connectivity index (χ1n) is 8.52. The summed E-state index contributed by atoms with van der Waals surface area (Å²) in [6.07, 6.45) is 1.32. The van der Waals surface area contributed by atoms with Crippen molar-refractivity contribution >= 4 is 35.4 Å². The van der Waals surface area contributed by atoms with Gasteiger partial charge >= 0.3 is 5.97 Å². The van der Waals surface area contributed by atoms with Crippen molar-refractivity contribution in [3.05, 3.63) is 86.6 Å². The molecular formula is C20H14ClN3O6. The van der Waals surface area contributed by atoms with E-state index in [1.807, 2.05) is 0 Å². The summed E-state index contributed by atoms with van der Waals surface area (Å²) in [7, 11) is 0. The summed E-state index contributed by atoms with van der Waals surface area (Å²) in [4.78, 5) is 33.1. The Labute approximate surface area is 174 Å². The van der Waals surface area contributed by atoms with Crippen molar-refractivity contribution in [3.8, 4) is 11.3 Å². The number of hydrazone groups is 1. The second-order valence-corrected chi connectivity index (χ2v) is 6.50. The average Bonchev–Trinajstić information content (AvgIpc) is 3.17. The number of carbonyl (C=O) groups excluding carboxylic acids is 1. The normalized spacial score (nSPS) is 10.8. The highest BCUT2D eigenvalue weighted by Crippen LogP contribution is 2.27. The smallest absolute Gasteiger partial charge is 0.337 e. The lowest BCUT2D eigenvalue weighted by atomic mass is 10.1. The maximum Gasteiger partial charge on any atom is 0.337 e. The fourth-order valence-corrected chi connectivity index (χ4v) is 2.81. The lowest BCUT2D eigenvalue weighted by Gasteiger charge is -2.01. The number of nitro groups is 1.